The van der Waals surface area contributed by atoms with Crippen molar-refractivity contribution in [1.82, 2.24) is 15.0 Å². The number of aromatic nitrogens is 3. The SMILES string of the molecule is O=C(OCc1csc(Nc2ccccc2)n1)c1cc(-c2ccccn2)nc2ccccc12. The molecule has 0 amide bonds. The Hall–Kier alpha value is -4.10. The average molecular weight is 439 g/mol. The molecule has 0 aliphatic rings. The summed E-state index contributed by atoms with van der Waals surface area (Å²) in [6, 6.07) is 24.6. The lowest BCUT2D eigenvalue weighted by Crippen LogP contribution is -2.07. The zero-order valence-corrected chi connectivity index (χ0v) is 17.8. The van der Waals surface area contributed by atoms with Crippen LogP contribution in [0.4, 0.5) is 10.8 Å². The molecule has 0 fully saturated rings. The van der Waals surface area contributed by atoms with E-state index in [9.17, 15) is 4.79 Å². The molecule has 156 valence electrons. The highest BCUT2D eigenvalue weighted by atomic mass is 32.1. The first-order valence-electron chi connectivity index (χ1n) is 10.0. The number of thiazole rings is 1. The van der Waals surface area contributed by atoms with E-state index in [1.54, 1.807) is 12.3 Å². The van der Waals surface area contributed by atoms with Crippen LogP contribution in [0.2, 0.25) is 0 Å². The maximum Gasteiger partial charge on any atom is 0.339 e. The van der Waals surface area contributed by atoms with E-state index in [0.717, 1.165) is 16.2 Å². The van der Waals surface area contributed by atoms with Crippen LogP contribution in [-0.4, -0.2) is 20.9 Å². The topological polar surface area (TPSA) is 77.0 Å². The van der Waals surface area contributed by atoms with Gasteiger partial charge in [0.2, 0.25) is 0 Å². The van der Waals surface area contributed by atoms with E-state index >= 15 is 0 Å². The minimum atomic E-state index is -0.425. The number of pyridine rings is 2. The van der Waals surface area contributed by atoms with Gasteiger partial charge in [-0.3, -0.25) is 4.98 Å². The van der Waals surface area contributed by atoms with Crippen LogP contribution in [0.5, 0.6) is 0 Å². The van der Waals surface area contributed by atoms with E-state index in [1.165, 1.54) is 11.3 Å². The molecule has 0 aliphatic carbocycles. The van der Waals surface area contributed by atoms with Gasteiger partial charge in [0.15, 0.2) is 5.13 Å². The number of nitrogens with zero attached hydrogens (tertiary/aromatic N) is 3. The number of hydrogen-bond donors (Lipinski definition) is 1. The highest BCUT2D eigenvalue weighted by Gasteiger charge is 2.16. The Bertz CT molecular complexity index is 1370. The summed E-state index contributed by atoms with van der Waals surface area (Å²) in [6.07, 6.45) is 1.70. The van der Waals surface area contributed by atoms with Gasteiger partial charge >= 0.3 is 5.97 Å². The smallest absolute Gasteiger partial charge is 0.339 e. The number of esters is 1. The summed E-state index contributed by atoms with van der Waals surface area (Å²) in [5, 5.41) is 6.61. The van der Waals surface area contributed by atoms with Crippen LogP contribution in [-0.2, 0) is 11.3 Å². The minimum Gasteiger partial charge on any atom is -0.456 e. The van der Waals surface area contributed by atoms with Crippen molar-refractivity contribution in [2.24, 2.45) is 0 Å². The second-order valence-electron chi connectivity index (χ2n) is 7.00. The number of carbonyl (C=O) groups is 1. The number of para-hydroxylation sites is 2. The molecule has 1 N–H and O–H groups in total. The quantitative estimate of drug-likeness (QED) is 0.335. The fourth-order valence-electron chi connectivity index (χ4n) is 3.28. The second-order valence-corrected chi connectivity index (χ2v) is 7.86. The second kappa shape index (κ2) is 8.95. The van der Waals surface area contributed by atoms with Crippen molar-refractivity contribution in [2.75, 3.05) is 5.32 Å². The molecule has 6 nitrogen and oxygen atoms in total. The van der Waals surface area contributed by atoms with E-state index in [2.05, 4.69) is 20.3 Å². The summed E-state index contributed by atoms with van der Waals surface area (Å²) in [7, 11) is 0. The number of ether oxygens (including phenoxy) is 1. The number of hydrogen-bond acceptors (Lipinski definition) is 7. The standard InChI is InChI=1S/C25H18N4O2S/c30-24(31-15-18-16-32-25(28-18)27-17-8-2-1-3-9-17)20-14-23(22-12-6-7-13-26-22)29-21-11-5-4-10-19(20)21/h1-14,16H,15H2,(H,27,28). The average Bonchev–Trinajstić information content (AvgIpc) is 3.30. The summed E-state index contributed by atoms with van der Waals surface area (Å²) in [4.78, 5) is 26.5. The first kappa shape index (κ1) is 19.8. The molecule has 0 aliphatic heterocycles. The summed E-state index contributed by atoms with van der Waals surface area (Å²) in [5.41, 5.74) is 4.13. The number of fused-ring (bicyclic) bond motifs is 1. The van der Waals surface area contributed by atoms with Crippen molar-refractivity contribution in [3.63, 3.8) is 0 Å². The summed E-state index contributed by atoms with van der Waals surface area (Å²) in [6.45, 7) is 0.0847. The van der Waals surface area contributed by atoms with Gasteiger partial charge in [0.05, 0.1) is 28.2 Å². The van der Waals surface area contributed by atoms with Gasteiger partial charge in [-0.2, -0.15) is 0 Å². The molecule has 32 heavy (non-hydrogen) atoms. The van der Waals surface area contributed by atoms with Crippen LogP contribution in [0.3, 0.4) is 0 Å². The number of rotatable bonds is 6. The highest BCUT2D eigenvalue weighted by Crippen LogP contribution is 2.25. The molecular weight excluding hydrogens is 420 g/mol. The number of nitrogens with one attached hydrogen (secondary N) is 1. The minimum absolute atomic E-state index is 0.0847. The van der Waals surface area contributed by atoms with E-state index in [-0.39, 0.29) is 6.61 Å². The molecule has 3 heterocycles. The van der Waals surface area contributed by atoms with Crippen LogP contribution >= 0.6 is 11.3 Å². The molecule has 7 heteroatoms. The highest BCUT2D eigenvalue weighted by molar-refractivity contribution is 7.13. The predicted octanol–water partition coefficient (Wildman–Crippen LogP) is 5.85. The molecule has 2 aromatic carbocycles. The zero-order chi connectivity index (χ0) is 21.8. The van der Waals surface area contributed by atoms with Gasteiger partial charge in [-0.1, -0.05) is 42.5 Å². The fourth-order valence-corrected chi connectivity index (χ4v) is 4.00. The fraction of sp³-hybridized carbons (Fsp3) is 0.0400. The van der Waals surface area contributed by atoms with Gasteiger partial charge in [0.25, 0.3) is 0 Å². The Morgan fingerprint density at radius 3 is 2.56 bits per heavy atom. The van der Waals surface area contributed by atoms with Gasteiger partial charge < -0.3 is 10.1 Å². The maximum absolute atomic E-state index is 13.0. The van der Waals surface area contributed by atoms with Crippen LogP contribution in [0.25, 0.3) is 22.3 Å². The van der Waals surface area contributed by atoms with Crippen molar-refractivity contribution in [1.29, 1.82) is 0 Å². The third-order valence-corrected chi connectivity index (χ3v) is 5.60. The third-order valence-electron chi connectivity index (χ3n) is 4.79. The Labute approximate surface area is 188 Å². The number of carbonyl (C=O) groups excluding carboxylic acids is 1. The van der Waals surface area contributed by atoms with Crippen LogP contribution in [0.15, 0.2) is 90.4 Å². The van der Waals surface area contributed by atoms with Gasteiger partial charge in [0.1, 0.15) is 6.61 Å². The molecule has 0 spiro atoms. The lowest BCUT2D eigenvalue weighted by atomic mass is 10.1. The van der Waals surface area contributed by atoms with Crippen LogP contribution in [0.1, 0.15) is 16.1 Å². The lowest BCUT2D eigenvalue weighted by Gasteiger charge is -2.09. The Morgan fingerprint density at radius 1 is 0.906 bits per heavy atom. The Kier molecular flexibility index (Phi) is 5.55. The molecule has 0 bridgehead atoms. The van der Waals surface area contributed by atoms with Crippen LogP contribution in [0, 0.1) is 0 Å². The van der Waals surface area contributed by atoms with Gasteiger partial charge in [0, 0.05) is 22.7 Å². The number of anilines is 2. The third kappa shape index (κ3) is 4.33. The van der Waals surface area contributed by atoms with Crippen molar-refractivity contribution in [3.05, 3.63) is 102 Å². The van der Waals surface area contributed by atoms with Crippen molar-refractivity contribution in [3.8, 4) is 11.4 Å². The summed E-state index contributed by atoms with van der Waals surface area (Å²) >= 11 is 1.46. The zero-order valence-electron chi connectivity index (χ0n) is 16.9. The molecule has 5 rings (SSSR count). The monoisotopic (exact) mass is 438 g/mol. The lowest BCUT2D eigenvalue weighted by molar-refractivity contribution is 0.0471. The molecule has 5 aromatic rings. The first-order valence-corrected chi connectivity index (χ1v) is 10.9. The van der Waals surface area contributed by atoms with Gasteiger partial charge in [-0.25, -0.2) is 14.8 Å². The predicted molar refractivity (Wildman–Crippen MR) is 126 cm³/mol. The first-order chi connectivity index (χ1) is 15.8. The normalized spacial score (nSPS) is 10.8. The molecule has 0 radical (unpaired) electrons. The van der Waals surface area contributed by atoms with E-state index in [0.29, 0.717) is 28.2 Å². The van der Waals surface area contributed by atoms with E-state index < -0.39 is 5.97 Å². The maximum atomic E-state index is 13.0. The van der Waals surface area contributed by atoms with Crippen molar-refractivity contribution < 1.29 is 9.53 Å². The molecular formula is C25H18N4O2S. The van der Waals surface area contributed by atoms with Gasteiger partial charge in [-0.15, -0.1) is 11.3 Å². The molecule has 0 unspecified atom stereocenters. The van der Waals surface area contributed by atoms with Crippen LogP contribution < -0.4 is 5.32 Å². The Balaban J connectivity index is 1.36. The van der Waals surface area contributed by atoms with E-state index in [1.807, 2.05) is 78.2 Å². The van der Waals surface area contributed by atoms with Crippen molar-refractivity contribution >= 4 is 39.0 Å². The summed E-state index contributed by atoms with van der Waals surface area (Å²) in [5.74, 6) is -0.425. The molecule has 0 saturated heterocycles. The molecule has 0 atom stereocenters. The van der Waals surface area contributed by atoms with Crippen molar-refractivity contribution in [2.45, 2.75) is 6.61 Å². The number of benzene rings is 2. The largest absolute Gasteiger partial charge is 0.456 e. The van der Waals surface area contributed by atoms with Gasteiger partial charge in [-0.05, 0) is 36.4 Å². The molecule has 3 aromatic heterocycles. The Morgan fingerprint density at radius 2 is 1.72 bits per heavy atom. The molecule has 0 saturated carbocycles. The van der Waals surface area contributed by atoms with E-state index in [4.69, 9.17) is 4.74 Å². The summed E-state index contributed by atoms with van der Waals surface area (Å²) < 4.78 is 5.61.